The SMILES string of the molecule is COC(=O)NC(C(=O)NCCCCc1ncc(-c2ccc3c(c2)Oc2ccc(-c4cnc([C@@H]5CCCN5C(=O)[C@@H](NC(=O)OC)[C@H](C)O)[nH]4)cc2C3(C)C)[nH]1)[C@H](C)O. The third kappa shape index (κ3) is 8.95. The number of rotatable bonds is 14. The van der Waals surface area contributed by atoms with Gasteiger partial charge in [0.15, 0.2) is 0 Å². The number of aryl methyl sites for hydroxylation is 1. The second-order valence-electron chi connectivity index (χ2n) is 15.2. The highest BCUT2D eigenvalue weighted by Crippen LogP contribution is 2.49. The maximum atomic E-state index is 13.5. The fourth-order valence-electron chi connectivity index (χ4n) is 7.52. The fourth-order valence-corrected chi connectivity index (χ4v) is 7.52. The summed E-state index contributed by atoms with van der Waals surface area (Å²) < 4.78 is 15.7. The Bertz CT molecular complexity index is 2130. The third-order valence-corrected chi connectivity index (χ3v) is 10.8. The molecule has 0 spiro atoms. The molecule has 0 saturated carbocycles. The Morgan fingerprint density at radius 3 is 2.24 bits per heavy atom. The van der Waals surface area contributed by atoms with Crippen LogP contribution in [0.15, 0.2) is 48.8 Å². The molecule has 2 aliphatic rings. The van der Waals surface area contributed by atoms with Crippen LogP contribution in [0.25, 0.3) is 22.5 Å². The van der Waals surface area contributed by atoms with Crippen LogP contribution in [0.5, 0.6) is 11.5 Å². The third-order valence-electron chi connectivity index (χ3n) is 10.8. The molecule has 0 bridgehead atoms. The van der Waals surface area contributed by atoms with Gasteiger partial charge >= 0.3 is 12.2 Å². The van der Waals surface area contributed by atoms with E-state index in [9.17, 15) is 29.4 Å². The molecule has 17 nitrogen and oxygen atoms in total. The van der Waals surface area contributed by atoms with Gasteiger partial charge in [-0.3, -0.25) is 9.59 Å². The number of hydrogen-bond acceptors (Lipinski definition) is 11. The average Bonchev–Trinajstić information content (AvgIpc) is 4.00. The first kappa shape index (κ1) is 41.7. The van der Waals surface area contributed by atoms with E-state index in [1.807, 2.05) is 24.3 Å². The first-order valence-electron chi connectivity index (χ1n) is 19.4. The summed E-state index contributed by atoms with van der Waals surface area (Å²) in [7, 11) is 2.39. The molecule has 310 valence electrons. The van der Waals surface area contributed by atoms with Crippen LogP contribution in [0.4, 0.5) is 9.59 Å². The van der Waals surface area contributed by atoms with Crippen molar-refractivity contribution in [3.8, 4) is 34.0 Å². The number of alkyl carbamates (subject to hydrolysis) is 2. The first-order chi connectivity index (χ1) is 27.7. The fraction of sp³-hybridized carbons (Fsp3) is 0.463. The van der Waals surface area contributed by atoms with Crippen LogP contribution in [-0.4, -0.2) is 111 Å². The number of carbonyl (C=O) groups excluding carboxylic acids is 4. The second kappa shape index (κ2) is 17.7. The summed E-state index contributed by atoms with van der Waals surface area (Å²) in [6.07, 6.45) is 3.26. The molecule has 58 heavy (non-hydrogen) atoms. The Hall–Kier alpha value is -5.94. The van der Waals surface area contributed by atoms with Gasteiger partial charge in [-0.25, -0.2) is 19.6 Å². The lowest BCUT2D eigenvalue weighted by atomic mass is 9.75. The summed E-state index contributed by atoms with van der Waals surface area (Å²) >= 11 is 0. The van der Waals surface area contributed by atoms with Crippen molar-refractivity contribution in [2.75, 3.05) is 27.3 Å². The molecule has 1 unspecified atom stereocenters. The van der Waals surface area contributed by atoms with Crippen LogP contribution in [0.1, 0.15) is 82.2 Å². The predicted molar refractivity (Wildman–Crippen MR) is 212 cm³/mol. The van der Waals surface area contributed by atoms with Gasteiger partial charge in [-0.2, -0.15) is 0 Å². The van der Waals surface area contributed by atoms with Crippen molar-refractivity contribution in [1.82, 2.24) is 40.8 Å². The summed E-state index contributed by atoms with van der Waals surface area (Å²) in [5.41, 5.74) is 5.10. The van der Waals surface area contributed by atoms with Gasteiger partial charge < -0.3 is 55.2 Å². The Kier molecular flexibility index (Phi) is 12.7. The van der Waals surface area contributed by atoms with Crippen molar-refractivity contribution in [3.63, 3.8) is 0 Å². The molecule has 1 fully saturated rings. The largest absolute Gasteiger partial charge is 0.457 e. The minimum Gasteiger partial charge on any atom is -0.457 e. The van der Waals surface area contributed by atoms with Crippen molar-refractivity contribution in [2.24, 2.45) is 0 Å². The molecule has 0 aliphatic carbocycles. The monoisotopic (exact) mass is 800 g/mol. The Labute approximate surface area is 336 Å². The molecule has 5 atom stereocenters. The predicted octanol–water partition coefficient (Wildman–Crippen LogP) is 4.21. The number of aromatic nitrogens is 4. The Balaban J connectivity index is 1.09. The first-order valence-corrected chi connectivity index (χ1v) is 19.4. The number of ether oxygens (including phenoxy) is 3. The van der Waals surface area contributed by atoms with Gasteiger partial charge in [-0.15, -0.1) is 0 Å². The number of nitrogens with one attached hydrogen (secondary N) is 5. The molecule has 6 rings (SSSR count). The highest BCUT2D eigenvalue weighted by molar-refractivity contribution is 5.87. The number of imidazole rings is 2. The van der Waals surface area contributed by atoms with Gasteiger partial charge in [-0.1, -0.05) is 26.0 Å². The van der Waals surface area contributed by atoms with E-state index in [2.05, 4.69) is 71.3 Å². The summed E-state index contributed by atoms with van der Waals surface area (Å²) in [5.74, 6) is 2.03. The molecular formula is C41H52N8O9. The number of aliphatic hydroxyl groups is 2. The topological polar surface area (TPSA) is 233 Å². The lowest BCUT2D eigenvalue weighted by Crippen LogP contribution is -2.53. The highest BCUT2D eigenvalue weighted by atomic mass is 16.5. The molecule has 4 heterocycles. The molecule has 2 aromatic heterocycles. The van der Waals surface area contributed by atoms with Crippen LogP contribution in [0, 0.1) is 0 Å². The maximum Gasteiger partial charge on any atom is 0.407 e. The number of nitrogens with zero attached hydrogens (tertiary/aromatic N) is 3. The van der Waals surface area contributed by atoms with Crippen LogP contribution in [0.2, 0.25) is 0 Å². The van der Waals surface area contributed by atoms with Crippen molar-refractivity contribution in [1.29, 1.82) is 0 Å². The number of benzene rings is 2. The number of unbranched alkanes of at least 4 members (excludes halogenated alkanes) is 1. The number of H-pyrrole nitrogens is 2. The van der Waals surface area contributed by atoms with Crippen LogP contribution < -0.4 is 20.7 Å². The number of likely N-dealkylation sites (tertiary alicyclic amines) is 1. The van der Waals surface area contributed by atoms with Gasteiger partial charge in [0.25, 0.3) is 0 Å². The van der Waals surface area contributed by atoms with Crippen molar-refractivity contribution >= 4 is 24.0 Å². The van der Waals surface area contributed by atoms with Crippen LogP contribution in [-0.2, 0) is 30.9 Å². The zero-order valence-corrected chi connectivity index (χ0v) is 33.5. The summed E-state index contributed by atoms with van der Waals surface area (Å²) in [4.78, 5) is 67.0. The summed E-state index contributed by atoms with van der Waals surface area (Å²) in [6.45, 7) is 8.03. The van der Waals surface area contributed by atoms with Gasteiger partial charge in [0.05, 0.1) is 56.3 Å². The van der Waals surface area contributed by atoms with E-state index in [0.717, 1.165) is 63.8 Å². The zero-order valence-electron chi connectivity index (χ0n) is 33.5. The van der Waals surface area contributed by atoms with Crippen LogP contribution >= 0.6 is 0 Å². The van der Waals surface area contributed by atoms with Gasteiger partial charge in [0.2, 0.25) is 11.8 Å². The van der Waals surface area contributed by atoms with Gasteiger partial charge in [0, 0.05) is 47.2 Å². The van der Waals surface area contributed by atoms with E-state index >= 15 is 0 Å². The number of fused-ring (bicyclic) bond motifs is 2. The van der Waals surface area contributed by atoms with E-state index in [1.54, 1.807) is 17.3 Å². The number of aromatic amines is 2. The van der Waals surface area contributed by atoms with E-state index < -0.39 is 53.7 Å². The minimum atomic E-state index is -1.15. The number of methoxy groups -OCH3 is 2. The number of aliphatic hydroxyl groups excluding tert-OH is 2. The van der Waals surface area contributed by atoms with E-state index in [0.29, 0.717) is 38.2 Å². The normalized spacial score (nSPS) is 17.4. The van der Waals surface area contributed by atoms with E-state index in [1.165, 1.54) is 28.1 Å². The van der Waals surface area contributed by atoms with E-state index in [4.69, 9.17) is 4.74 Å². The number of hydrogen-bond donors (Lipinski definition) is 7. The number of carbonyl (C=O) groups is 4. The van der Waals surface area contributed by atoms with Crippen molar-refractivity contribution < 1.29 is 43.6 Å². The standard InChI is InChI=1S/C41H52N8O9/c1-22(50)34(47-39(54)56-5)37(52)42-16-8-7-11-33-43-20-28(45-33)25-12-14-26-32(19-25)58-31-15-13-24(18-27(31)41(26,3)4)29-21-44-36(46-29)30-10-9-17-49(30)38(53)35(23(2)51)48-40(55)57-6/h12-15,18-23,30,34-35,50-51H,7-11,16-17H2,1-6H3,(H,42,52)(H,43,45)(H,44,46)(H,47,54)(H,48,55)/t22-,23-,30-,34?,35-/m0/s1. The molecule has 4 aromatic rings. The quantitative estimate of drug-likeness (QED) is 0.0893. The van der Waals surface area contributed by atoms with Crippen molar-refractivity contribution in [3.05, 3.63) is 71.6 Å². The zero-order chi connectivity index (χ0) is 41.7. The average molecular weight is 801 g/mol. The molecule has 1 saturated heterocycles. The van der Waals surface area contributed by atoms with Crippen LogP contribution in [0.3, 0.4) is 0 Å². The second-order valence-corrected chi connectivity index (χ2v) is 15.2. The summed E-state index contributed by atoms with van der Waals surface area (Å²) in [6, 6.07) is 9.56. The molecule has 2 aromatic carbocycles. The summed E-state index contributed by atoms with van der Waals surface area (Å²) in [5, 5.41) is 27.7. The lowest BCUT2D eigenvalue weighted by Gasteiger charge is -2.35. The molecule has 4 amide bonds. The lowest BCUT2D eigenvalue weighted by molar-refractivity contribution is -0.137. The van der Waals surface area contributed by atoms with Gasteiger partial charge in [-0.05, 0) is 63.8 Å². The minimum absolute atomic E-state index is 0.347. The van der Waals surface area contributed by atoms with Gasteiger partial charge in [0.1, 0.15) is 35.2 Å². The maximum absolute atomic E-state index is 13.5. The number of amides is 4. The molecule has 0 radical (unpaired) electrons. The molecule has 7 N–H and O–H groups in total. The van der Waals surface area contributed by atoms with Crippen molar-refractivity contribution in [2.45, 2.75) is 95.5 Å². The molecule has 17 heteroatoms. The van der Waals surface area contributed by atoms with E-state index in [-0.39, 0.29) is 6.04 Å². The Morgan fingerprint density at radius 2 is 1.53 bits per heavy atom. The molecule has 2 aliphatic heterocycles. The molecular weight excluding hydrogens is 748 g/mol. The highest BCUT2D eigenvalue weighted by Gasteiger charge is 2.39. The smallest absolute Gasteiger partial charge is 0.407 e. The Morgan fingerprint density at radius 1 is 0.879 bits per heavy atom.